The van der Waals surface area contributed by atoms with Gasteiger partial charge in [-0.05, 0) is 68.2 Å². The first-order chi connectivity index (χ1) is 13.9. The molecular formula is C20H26N6O2S. The first-order valence-electron chi connectivity index (χ1n) is 9.45. The molecule has 0 saturated heterocycles. The fourth-order valence-corrected chi connectivity index (χ4v) is 2.94. The second kappa shape index (κ2) is 9.04. The number of aromatic nitrogens is 5. The summed E-state index contributed by atoms with van der Waals surface area (Å²) in [5, 5.41) is 16.0. The van der Waals surface area contributed by atoms with Crippen molar-refractivity contribution in [3.05, 3.63) is 46.0 Å². The summed E-state index contributed by atoms with van der Waals surface area (Å²) < 4.78 is 14.9. The Morgan fingerprint density at radius 1 is 1.24 bits per heavy atom. The Labute approximate surface area is 175 Å². The minimum atomic E-state index is 0.379. The summed E-state index contributed by atoms with van der Waals surface area (Å²) in [4.78, 5) is 0. The van der Waals surface area contributed by atoms with Gasteiger partial charge in [-0.1, -0.05) is 13.8 Å². The number of methoxy groups -OCH3 is 1. The Hall–Kier alpha value is -2.94. The highest BCUT2D eigenvalue weighted by molar-refractivity contribution is 7.71. The van der Waals surface area contributed by atoms with Gasteiger partial charge in [-0.3, -0.25) is 0 Å². The van der Waals surface area contributed by atoms with E-state index < -0.39 is 0 Å². The van der Waals surface area contributed by atoms with E-state index in [0.717, 1.165) is 23.4 Å². The van der Waals surface area contributed by atoms with E-state index in [9.17, 15) is 0 Å². The van der Waals surface area contributed by atoms with Gasteiger partial charge in [0, 0.05) is 5.69 Å². The van der Waals surface area contributed by atoms with Crippen LogP contribution in [0.3, 0.4) is 0 Å². The minimum absolute atomic E-state index is 0.379. The van der Waals surface area contributed by atoms with Crippen LogP contribution in [0.5, 0.6) is 11.5 Å². The molecule has 0 aliphatic heterocycles. The smallest absolute Gasteiger partial charge is 0.271 e. The molecule has 29 heavy (non-hydrogen) atoms. The molecule has 0 amide bonds. The zero-order valence-corrected chi connectivity index (χ0v) is 18.2. The Morgan fingerprint density at radius 2 is 2.03 bits per heavy atom. The van der Waals surface area contributed by atoms with Crippen LogP contribution in [-0.4, -0.2) is 44.6 Å². The SMILES string of the molecule is COc1cc(/C=N\n2c(-n3nc(C)cc3C)n[nH]c2=S)ccc1OCCC(C)C. The lowest BCUT2D eigenvalue weighted by molar-refractivity contribution is 0.273. The number of hydrogen-bond donors (Lipinski definition) is 1. The largest absolute Gasteiger partial charge is 0.493 e. The molecule has 8 nitrogen and oxygen atoms in total. The lowest BCUT2D eigenvalue weighted by Crippen LogP contribution is -2.07. The first-order valence-corrected chi connectivity index (χ1v) is 9.86. The monoisotopic (exact) mass is 414 g/mol. The van der Waals surface area contributed by atoms with Crippen molar-refractivity contribution in [2.45, 2.75) is 34.1 Å². The lowest BCUT2D eigenvalue weighted by Gasteiger charge is -2.12. The third-order valence-corrected chi connectivity index (χ3v) is 4.56. The van der Waals surface area contributed by atoms with E-state index in [-0.39, 0.29) is 0 Å². The standard InChI is InChI=1S/C20H26N6O2S/c1-13(2)8-9-28-17-7-6-16(11-18(17)27-5)12-21-26-19(22-23-20(26)29)25-15(4)10-14(3)24-25/h6-7,10-13H,8-9H2,1-5H3,(H,23,29)/b21-12-. The van der Waals surface area contributed by atoms with Crippen molar-refractivity contribution in [1.82, 2.24) is 24.7 Å². The predicted octanol–water partition coefficient (Wildman–Crippen LogP) is 4.06. The van der Waals surface area contributed by atoms with Gasteiger partial charge in [0.25, 0.3) is 5.95 Å². The number of H-pyrrole nitrogens is 1. The molecule has 0 unspecified atom stereocenters. The Balaban J connectivity index is 1.84. The van der Waals surface area contributed by atoms with Gasteiger partial charge >= 0.3 is 0 Å². The molecule has 1 N–H and O–H groups in total. The maximum atomic E-state index is 5.84. The maximum Gasteiger partial charge on any atom is 0.271 e. The summed E-state index contributed by atoms with van der Waals surface area (Å²) in [6.45, 7) is 8.87. The van der Waals surface area contributed by atoms with E-state index in [0.29, 0.717) is 34.7 Å². The van der Waals surface area contributed by atoms with Gasteiger partial charge in [-0.25, -0.2) is 9.78 Å². The van der Waals surface area contributed by atoms with Crippen LogP contribution in [0.15, 0.2) is 29.4 Å². The zero-order chi connectivity index (χ0) is 21.0. The van der Waals surface area contributed by atoms with Crippen molar-refractivity contribution in [1.29, 1.82) is 0 Å². The van der Waals surface area contributed by atoms with Gasteiger partial charge in [-0.2, -0.15) is 14.9 Å². The summed E-state index contributed by atoms with van der Waals surface area (Å²) in [5.74, 6) is 2.46. The summed E-state index contributed by atoms with van der Waals surface area (Å²) in [6.07, 6.45) is 2.68. The van der Waals surface area contributed by atoms with Crippen molar-refractivity contribution >= 4 is 18.4 Å². The molecule has 2 aromatic heterocycles. The zero-order valence-electron chi connectivity index (χ0n) is 17.3. The molecule has 0 spiro atoms. The van der Waals surface area contributed by atoms with E-state index in [4.69, 9.17) is 21.7 Å². The molecule has 154 valence electrons. The molecule has 0 radical (unpaired) electrons. The number of hydrogen-bond acceptors (Lipinski definition) is 6. The van der Waals surface area contributed by atoms with Crippen LogP contribution in [0, 0.1) is 24.5 Å². The summed E-state index contributed by atoms with van der Waals surface area (Å²) in [7, 11) is 1.62. The number of aryl methyl sites for hydroxylation is 2. The first kappa shape index (κ1) is 20.8. The Morgan fingerprint density at radius 3 is 2.69 bits per heavy atom. The second-order valence-electron chi connectivity index (χ2n) is 7.17. The van der Waals surface area contributed by atoms with E-state index in [1.807, 2.05) is 38.1 Å². The number of nitrogens with zero attached hydrogens (tertiary/aromatic N) is 5. The number of rotatable bonds is 8. The van der Waals surface area contributed by atoms with E-state index in [1.165, 1.54) is 4.68 Å². The lowest BCUT2D eigenvalue weighted by atomic mass is 10.1. The molecule has 0 atom stereocenters. The number of nitrogens with one attached hydrogen (secondary N) is 1. The number of ether oxygens (including phenoxy) is 2. The van der Waals surface area contributed by atoms with Crippen LogP contribution >= 0.6 is 12.2 Å². The third-order valence-electron chi connectivity index (χ3n) is 4.30. The fourth-order valence-electron chi connectivity index (χ4n) is 2.77. The molecule has 0 bridgehead atoms. The molecule has 3 rings (SSSR count). The molecule has 1 aromatic carbocycles. The maximum absolute atomic E-state index is 5.84. The van der Waals surface area contributed by atoms with Gasteiger partial charge in [0.05, 0.1) is 25.6 Å². The van der Waals surface area contributed by atoms with Crippen molar-refractivity contribution in [3.63, 3.8) is 0 Å². The van der Waals surface area contributed by atoms with Crippen LogP contribution in [-0.2, 0) is 0 Å². The number of aromatic amines is 1. The van der Waals surface area contributed by atoms with Crippen LogP contribution in [0.4, 0.5) is 0 Å². The van der Waals surface area contributed by atoms with Gasteiger partial charge < -0.3 is 9.47 Å². The van der Waals surface area contributed by atoms with Gasteiger partial charge in [0.1, 0.15) is 0 Å². The second-order valence-corrected chi connectivity index (χ2v) is 7.55. The van der Waals surface area contributed by atoms with E-state index in [2.05, 4.69) is 34.2 Å². The normalized spacial score (nSPS) is 11.5. The van der Waals surface area contributed by atoms with Crippen molar-refractivity contribution in [2.75, 3.05) is 13.7 Å². The minimum Gasteiger partial charge on any atom is -0.493 e. The average molecular weight is 415 g/mol. The Bertz CT molecular complexity index is 1060. The molecule has 0 aliphatic carbocycles. The Kier molecular flexibility index (Phi) is 6.48. The molecule has 0 fully saturated rings. The highest BCUT2D eigenvalue weighted by atomic mass is 32.1. The van der Waals surface area contributed by atoms with Gasteiger partial charge in [0.15, 0.2) is 11.5 Å². The highest BCUT2D eigenvalue weighted by Crippen LogP contribution is 2.28. The quantitative estimate of drug-likeness (QED) is 0.444. The summed E-state index contributed by atoms with van der Waals surface area (Å²) in [5.41, 5.74) is 2.68. The fraction of sp³-hybridized carbons (Fsp3) is 0.400. The predicted molar refractivity (Wildman–Crippen MR) is 115 cm³/mol. The molecular weight excluding hydrogens is 388 g/mol. The molecule has 9 heteroatoms. The average Bonchev–Trinajstić information content (AvgIpc) is 3.21. The van der Waals surface area contributed by atoms with Gasteiger partial charge in [0.2, 0.25) is 4.77 Å². The topological polar surface area (TPSA) is 82.3 Å². The van der Waals surface area contributed by atoms with Crippen molar-refractivity contribution in [3.8, 4) is 17.4 Å². The van der Waals surface area contributed by atoms with Crippen LogP contribution < -0.4 is 9.47 Å². The molecule has 3 aromatic rings. The molecule has 2 heterocycles. The van der Waals surface area contributed by atoms with Gasteiger partial charge in [-0.15, -0.1) is 5.10 Å². The van der Waals surface area contributed by atoms with Crippen molar-refractivity contribution < 1.29 is 9.47 Å². The summed E-state index contributed by atoms with van der Waals surface area (Å²) >= 11 is 5.32. The van der Waals surface area contributed by atoms with E-state index >= 15 is 0 Å². The van der Waals surface area contributed by atoms with Crippen LogP contribution in [0.25, 0.3) is 5.95 Å². The third kappa shape index (κ3) is 4.92. The highest BCUT2D eigenvalue weighted by Gasteiger charge is 2.12. The van der Waals surface area contributed by atoms with Crippen LogP contribution in [0.2, 0.25) is 0 Å². The van der Waals surface area contributed by atoms with Crippen molar-refractivity contribution in [2.24, 2.45) is 11.0 Å². The van der Waals surface area contributed by atoms with E-state index in [1.54, 1.807) is 18.0 Å². The molecule has 0 aliphatic rings. The molecule has 0 saturated carbocycles. The summed E-state index contributed by atoms with van der Waals surface area (Å²) in [6, 6.07) is 7.65. The van der Waals surface area contributed by atoms with Crippen LogP contribution in [0.1, 0.15) is 37.2 Å². The number of benzene rings is 1.